The minimum absolute atomic E-state index is 0.000278. The molecule has 0 amide bonds. The molecule has 0 aromatic heterocycles. The number of methoxy groups -OCH3 is 1. The van der Waals surface area contributed by atoms with Crippen LogP contribution in [0.2, 0.25) is 0 Å². The number of rotatable bonds is 3. The lowest BCUT2D eigenvalue weighted by molar-refractivity contribution is 0.407. The molecule has 0 N–H and O–H groups in total. The summed E-state index contributed by atoms with van der Waals surface area (Å²) in [6.45, 7) is 0. The molecule has 5 aromatic carbocycles. The number of halogens is 6. The van der Waals surface area contributed by atoms with Gasteiger partial charge < -0.3 is 4.74 Å². The molecule has 0 aliphatic carbocycles. The van der Waals surface area contributed by atoms with E-state index in [0.29, 0.717) is 10.8 Å². The monoisotopic (exact) mass is 468 g/mol. The van der Waals surface area contributed by atoms with Crippen molar-refractivity contribution in [1.29, 1.82) is 0 Å². The molecule has 0 aliphatic rings. The number of ether oxygens (including phenoxy) is 1. The van der Waals surface area contributed by atoms with Crippen LogP contribution in [0, 0.1) is 34.9 Å². The average Bonchev–Trinajstić information content (AvgIpc) is 2.81. The molecule has 34 heavy (non-hydrogen) atoms. The van der Waals surface area contributed by atoms with Gasteiger partial charge in [0.1, 0.15) is 17.4 Å². The van der Waals surface area contributed by atoms with Gasteiger partial charge in [0.25, 0.3) is 0 Å². The van der Waals surface area contributed by atoms with Gasteiger partial charge in [-0.2, -0.15) is 0 Å². The van der Waals surface area contributed by atoms with E-state index in [1.165, 1.54) is 13.2 Å². The van der Waals surface area contributed by atoms with E-state index >= 15 is 8.78 Å². The van der Waals surface area contributed by atoms with Gasteiger partial charge in [-0.3, -0.25) is 0 Å². The van der Waals surface area contributed by atoms with E-state index in [-0.39, 0.29) is 33.2 Å². The topological polar surface area (TPSA) is 9.23 Å². The summed E-state index contributed by atoms with van der Waals surface area (Å²) in [5.74, 6) is -6.62. The standard InChI is InChI=1S/C27H14F6O/c1-34-14-9-23(32)27(24(33)10-14)26-16-5-3-2-4-15(16)25(13-6-7-19(28)20(29)8-13)17-11-21(30)22(31)12-18(17)26/h2-12H,1H3. The van der Waals surface area contributed by atoms with Gasteiger partial charge >= 0.3 is 0 Å². The molecule has 0 aliphatic heterocycles. The van der Waals surface area contributed by atoms with Crippen molar-refractivity contribution in [3.63, 3.8) is 0 Å². The fourth-order valence-corrected chi connectivity index (χ4v) is 4.31. The molecule has 0 fully saturated rings. The van der Waals surface area contributed by atoms with Gasteiger partial charge in [0.2, 0.25) is 0 Å². The molecule has 7 heteroatoms. The van der Waals surface area contributed by atoms with Gasteiger partial charge in [0, 0.05) is 17.7 Å². The third-order valence-corrected chi connectivity index (χ3v) is 5.77. The van der Waals surface area contributed by atoms with Crippen molar-refractivity contribution in [1.82, 2.24) is 0 Å². The quantitative estimate of drug-likeness (QED) is 0.192. The highest BCUT2D eigenvalue weighted by molar-refractivity contribution is 6.21. The largest absolute Gasteiger partial charge is 0.497 e. The minimum Gasteiger partial charge on any atom is -0.497 e. The highest BCUT2D eigenvalue weighted by Gasteiger charge is 2.24. The van der Waals surface area contributed by atoms with Crippen LogP contribution in [0.3, 0.4) is 0 Å². The zero-order chi connectivity index (χ0) is 24.1. The van der Waals surface area contributed by atoms with Crippen LogP contribution in [0.5, 0.6) is 5.75 Å². The van der Waals surface area contributed by atoms with Gasteiger partial charge in [0.15, 0.2) is 23.3 Å². The zero-order valence-corrected chi connectivity index (χ0v) is 17.5. The molecule has 0 saturated heterocycles. The van der Waals surface area contributed by atoms with Crippen LogP contribution < -0.4 is 4.74 Å². The first kappa shape index (κ1) is 21.8. The van der Waals surface area contributed by atoms with E-state index in [1.54, 1.807) is 24.3 Å². The highest BCUT2D eigenvalue weighted by Crippen LogP contribution is 2.46. The maximum atomic E-state index is 15.2. The molecule has 0 bridgehead atoms. The van der Waals surface area contributed by atoms with Gasteiger partial charge in [0.05, 0.1) is 12.7 Å². The Morgan fingerprint density at radius 1 is 0.471 bits per heavy atom. The molecular formula is C27H14F6O. The Morgan fingerprint density at radius 2 is 1.00 bits per heavy atom. The van der Waals surface area contributed by atoms with E-state index in [4.69, 9.17) is 4.74 Å². The van der Waals surface area contributed by atoms with Crippen molar-refractivity contribution in [2.45, 2.75) is 0 Å². The fourth-order valence-electron chi connectivity index (χ4n) is 4.31. The lowest BCUT2D eigenvalue weighted by Gasteiger charge is -2.19. The smallest absolute Gasteiger partial charge is 0.159 e. The summed E-state index contributed by atoms with van der Waals surface area (Å²) in [6.07, 6.45) is 0. The second-order valence-corrected chi connectivity index (χ2v) is 7.70. The molecule has 0 heterocycles. The zero-order valence-electron chi connectivity index (χ0n) is 17.5. The highest BCUT2D eigenvalue weighted by atomic mass is 19.2. The van der Waals surface area contributed by atoms with E-state index in [1.807, 2.05) is 0 Å². The number of hydrogen-bond acceptors (Lipinski definition) is 1. The maximum Gasteiger partial charge on any atom is 0.159 e. The fraction of sp³-hybridized carbons (Fsp3) is 0.0370. The summed E-state index contributed by atoms with van der Waals surface area (Å²) in [6, 6.07) is 13.3. The first-order valence-corrected chi connectivity index (χ1v) is 10.1. The van der Waals surface area contributed by atoms with Crippen LogP contribution in [0.15, 0.2) is 66.7 Å². The van der Waals surface area contributed by atoms with Crippen LogP contribution in [0.1, 0.15) is 0 Å². The van der Waals surface area contributed by atoms with E-state index in [0.717, 1.165) is 36.4 Å². The summed E-state index contributed by atoms with van der Waals surface area (Å²) in [4.78, 5) is 0. The van der Waals surface area contributed by atoms with Crippen molar-refractivity contribution in [2.24, 2.45) is 0 Å². The first-order valence-electron chi connectivity index (χ1n) is 10.1. The lowest BCUT2D eigenvalue weighted by atomic mass is 9.85. The van der Waals surface area contributed by atoms with Crippen molar-refractivity contribution in [2.75, 3.05) is 7.11 Å². The molecule has 0 atom stereocenters. The minimum atomic E-state index is -1.23. The molecule has 0 spiro atoms. The Labute approximate surface area is 189 Å². The van der Waals surface area contributed by atoms with Crippen molar-refractivity contribution in [3.8, 4) is 28.0 Å². The van der Waals surface area contributed by atoms with Gasteiger partial charge in [-0.05, 0) is 56.9 Å². The van der Waals surface area contributed by atoms with Crippen LogP contribution in [-0.2, 0) is 0 Å². The molecule has 170 valence electrons. The Morgan fingerprint density at radius 3 is 1.56 bits per heavy atom. The summed E-state index contributed by atoms with van der Waals surface area (Å²) < 4.78 is 91.8. The van der Waals surface area contributed by atoms with Crippen LogP contribution >= 0.6 is 0 Å². The van der Waals surface area contributed by atoms with E-state index in [9.17, 15) is 17.6 Å². The average molecular weight is 468 g/mol. The Kier molecular flexibility index (Phi) is 5.20. The molecule has 5 aromatic rings. The SMILES string of the molecule is COc1cc(F)c(-c2c3ccccc3c(-c3ccc(F)c(F)c3)c3cc(F)c(F)cc23)c(F)c1. The van der Waals surface area contributed by atoms with E-state index < -0.39 is 40.5 Å². The van der Waals surface area contributed by atoms with Crippen molar-refractivity contribution < 1.29 is 31.1 Å². The van der Waals surface area contributed by atoms with Gasteiger partial charge in [-0.15, -0.1) is 0 Å². The molecule has 5 rings (SSSR count). The Bertz CT molecular complexity index is 1590. The summed E-state index contributed by atoms with van der Waals surface area (Å²) in [5.41, 5.74) is -0.00635. The molecule has 0 radical (unpaired) electrons. The lowest BCUT2D eigenvalue weighted by Crippen LogP contribution is -1.98. The maximum absolute atomic E-state index is 15.2. The van der Waals surface area contributed by atoms with E-state index in [2.05, 4.69) is 0 Å². The number of fused-ring (bicyclic) bond motifs is 2. The van der Waals surface area contributed by atoms with Crippen LogP contribution in [0.4, 0.5) is 26.3 Å². The third-order valence-electron chi connectivity index (χ3n) is 5.77. The predicted octanol–water partition coefficient (Wildman–Crippen LogP) is 8.17. The summed E-state index contributed by atoms with van der Waals surface area (Å²) >= 11 is 0. The van der Waals surface area contributed by atoms with Crippen LogP contribution in [-0.4, -0.2) is 7.11 Å². The second-order valence-electron chi connectivity index (χ2n) is 7.70. The van der Waals surface area contributed by atoms with Crippen LogP contribution in [0.25, 0.3) is 43.8 Å². The van der Waals surface area contributed by atoms with Crippen molar-refractivity contribution in [3.05, 3.63) is 102 Å². The normalized spacial score (nSPS) is 11.4. The third kappa shape index (κ3) is 3.36. The summed E-state index contributed by atoms with van der Waals surface area (Å²) in [5, 5.41) is 0.772. The Balaban J connectivity index is 2.02. The Hall–Kier alpha value is -4.00. The molecular weight excluding hydrogens is 454 g/mol. The molecule has 0 saturated carbocycles. The second kappa shape index (κ2) is 8.09. The number of benzene rings is 5. The van der Waals surface area contributed by atoms with Gasteiger partial charge in [-0.25, -0.2) is 26.3 Å². The number of hydrogen-bond donors (Lipinski definition) is 0. The predicted molar refractivity (Wildman–Crippen MR) is 119 cm³/mol. The molecule has 0 unspecified atom stereocenters. The first-order chi connectivity index (χ1) is 16.3. The molecule has 1 nitrogen and oxygen atoms in total. The van der Waals surface area contributed by atoms with Crippen molar-refractivity contribution >= 4 is 21.5 Å². The summed E-state index contributed by atoms with van der Waals surface area (Å²) in [7, 11) is 1.26. The van der Waals surface area contributed by atoms with Gasteiger partial charge in [-0.1, -0.05) is 30.3 Å².